The van der Waals surface area contributed by atoms with Crippen molar-refractivity contribution < 1.29 is 4.79 Å². The number of aromatic amines is 1. The van der Waals surface area contributed by atoms with E-state index in [0.717, 1.165) is 5.56 Å². The van der Waals surface area contributed by atoms with E-state index < -0.39 is 5.41 Å². The Morgan fingerprint density at radius 2 is 1.96 bits per heavy atom. The van der Waals surface area contributed by atoms with E-state index in [4.69, 9.17) is 11.6 Å². The van der Waals surface area contributed by atoms with Gasteiger partial charge in [0.05, 0.1) is 17.5 Å². The topological polar surface area (TPSA) is 66.1 Å². The highest BCUT2D eigenvalue weighted by atomic mass is 35.5. The van der Waals surface area contributed by atoms with Crippen LogP contribution >= 0.6 is 22.9 Å². The number of amides is 1. The molecule has 0 saturated heterocycles. The molecule has 0 saturated carbocycles. The number of hydrogen-bond donors (Lipinski definition) is 1. The van der Waals surface area contributed by atoms with E-state index in [0.29, 0.717) is 21.1 Å². The maximum atomic E-state index is 12.9. The van der Waals surface area contributed by atoms with Gasteiger partial charge in [0.15, 0.2) is 0 Å². The van der Waals surface area contributed by atoms with Crippen molar-refractivity contribution in [3.05, 3.63) is 62.5 Å². The lowest BCUT2D eigenvalue weighted by Crippen LogP contribution is -2.41. The first-order chi connectivity index (χ1) is 11.8. The highest BCUT2D eigenvalue weighted by Gasteiger charge is 2.32. The smallest absolute Gasteiger partial charge is 0.268 e. The molecule has 1 aromatic carbocycles. The average molecular weight is 376 g/mol. The van der Waals surface area contributed by atoms with Crippen molar-refractivity contribution in [3.8, 4) is 0 Å². The summed E-state index contributed by atoms with van der Waals surface area (Å²) in [6.45, 7) is 3.97. The van der Waals surface area contributed by atoms with Crippen LogP contribution in [-0.4, -0.2) is 27.8 Å². The standard InChI is InChI=1S/C18H18ClN3O2S/c1-18(2,11-4-6-12(19)7-5-11)17(24)22(3)10-14-20-13-8-9-25-15(13)16(23)21-14/h4-9H,10H2,1-3H3,(H,20,21,23). The molecule has 130 valence electrons. The van der Waals surface area contributed by atoms with Gasteiger partial charge in [0, 0.05) is 12.1 Å². The molecule has 2 aromatic heterocycles. The Balaban J connectivity index is 1.83. The predicted octanol–water partition coefficient (Wildman–Crippen LogP) is 3.57. The van der Waals surface area contributed by atoms with Gasteiger partial charge in [0.1, 0.15) is 10.5 Å². The maximum Gasteiger partial charge on any atom is 0.268 e. The zero-order chi connectivity index (χ0) is 18.2. The van der Waals surface area contributed by atoms with Crippen LogP contribution in [-0.2, 0) is 16.8 Å². The van der Waals surface area contributed by atoms with Crippen molar-refractivity contribution in [2.45, 2.75) is 25.8 Å². The second kappa shape index (κ2) is 6.61. The number of H-pyrrole nitrogens is 1. The molecule has 0 fully saturated rings. The fourth-order valence-electron chi connectivity index (χ4n) is 2.76. The molecule has 2 heterocycles. The van der Waals surface area contributed by atoms with Gasteiger partial charge in [-0.3, -0.25) is 9.59 Å². The first-order valence-corrected chi connectivity index (χ1v) is 9.03. The molecular formula is C18H18ClN3O2S. The summed E-state index contributed by atoms with van der Waals surface area (Å²) < 4.78 is 0.597. The van der Waals surface area contributed by atoms with E-state index in [9.17, 15) is 9.59 Å². The summed E-state index contributed by atoms with van der Waals surface area (Å²) in [4.78, 5) is 33.7. The van der Waals surface area contributed by atoms with Gasteiger partial charge < -0.3 is 9.88 Å². The summed E-state index contributed by atoms with van der Waals surface area (Å²) in [5, 5.41) is 2.46. The van der Waals surface area contributed by atoms with E-state index in [1.165, 1.54) is 11.3 Å². The van der Waals surface area contributed by atoms with Crippen LogP contribution in [0.15, 0.2) is 40.5 Å². The zero-order valence-corrected chi connectivity index (χ0v) is 15.7. The Labute approximate surface area is 154 Å². The number of likely N-dealkylation sites (N-methyl/N-ethyl adjacent to an activating group) is 1. The fraction of sp³-hybridized carbons (Fsp3) is 0.278. The summed E-state index contributed by atoms with van der Waals surface area (Å²) in [7, 11) is 1.71. The summed E-state index contributed by atoms with van der Waals surface area (Å²) in [6.07, 6.45) is 0. The second-order valence-electron chi connectivity index (χ2n) is 6.44. The number of hydrogen-bond acceptors (Lipinski definition) is 4. The molecule has 5 nitrogen and oxygen atoms in total. The molecule has 25 heavy (non-hydrogen) atoms. The van der Waals surface area contributed by atoms with E-state index in [-0.39, 0.29) is 18.0 Å². The van der Waals surface area contributed by atoms with Crippen LogP contribution in [0.4, 0.5) is 0 Å². The van der Waals surface area contributed by atoms with Crippen LogP contribution in [0.1, 0.15) is 25.2 Å². The summed E-state index contributed by atoms with van der Waals surface area (Å²) in [6, 6.07) is 9.06. The molecule has 0 atom stereocenters. The van der Waals surface area contributed by atoms with Crippen LogP contribution < -0.4 is 5.56 Å². The molecule has 0 aliphatic carbocycles. The molecular weight excluding hydrogens is 358 g/mol. The molecule has 0 bridgehead atoms. The molecule has 0 aliphatic rings. The van der Waals surface area contributed by atoms with E-state index >= 15 is 0 Å². The normalized spacial score (nSPS) is 11.7. The van der Waals surface area contributed by atoms with Gasteiger partial charge in [0.2, 0.25) is 5.91 Å². The molecule has 3 rings (SSSR count). The number of aromatic nitrogens is 2. The Morgan fingerprint density at radius 3 is 2.64 bits per heavy atom. The van der Waals surface area contributed by atoms with Crippen molar-refractivity contribution in [3.63, 3.8) is 0 Å². The van der Waals surface area contributed by atoms with Crippen molar-refractivity contribution in [2.75, 3.05) is 7.05 Å². The molecule has 3 aromatic rings. The molecule has 0 spiro atoms. The summed E-state index contributed by atoms with van der Waals surface area (Å²) >= 11 is 7.28. The van der Waals surface area contributed by atoms with Gasteiger partial charge in [-0.15, -0.1) is 11.3 Å². The summed E-state index contributed by atoms with van der Waals surface area (Å²) in [5.74, 6) is 0.404. The van der Waals surface area contributed by atoms with Gasteiger partial charge in [0.25, 0.3) is 5.56 Å². The monoisotopic (exact) mass is 375 g/mol. The SMILES string of the molecule is CN(Cc1nc2ccsc2c(=O)[nH]1)C(=O)C(C)(C)c1ccc(Cl)cc1. The zero-order valence-electron chi connectivity index (χ0n) is 14.2. The maximum absolute atomic E-state index is 12.9. The quantitative estimate of drug-likeness (QED) is 0.758. The first-order valence-electron chi connectivity index (χ1n) is 7.77. The van der Waals surface area contributed by atoms with Crippen LogP contribution in [0.5, 0.6) is 0 Å². The van der Waals surface area contributed by atoms with Gasteiger partial charge in [-0.1, -0.05) is 23.7 Å². The minimum atomic E-state index is -0.716. The lowest BCUT2D eigenvalue weighted by atomic mass is 9.83. The number of fused-ring (bicyclic) bond motifs is 1. The highest BCUT2D eigenvalue weighted by Crippen LogP contribution is 2.27. The van der Waals surface area contributed by atoms with Crippen molar-refractivity contribution in [2.24, 2.45) is 0 Å². The van der Waals surface area contributed by atoms with Gasteiger partial charge in [-0.25, -0.2) is 4.98 Å². The first kappa shape index (κ1) is 17.6. The molecule has 1 N–H and O–H groups in total. The van der Waals surface area contributed by atoms with Crippen molar-refractivity contribution in [1.29, 1.82) is 0 Å². The molecule has 1 amide bonds. The Bertz CT molecular complexity index is 976. The van der Waals surface area contributed by atoms with Crippen molar-refractivity contribution >= 4 is 39.1 Å². The second-order valence-corrected chi connectivity index (χ2v) is 7.79. The largest absolute Gasteiger partial charge is 0.338 e. The van der Waals surface area contributed by atoms with Gasteiger partial charge >= 0.3 is 0 Å². The van der Waals surface area contributed by atoms with Crippen LogP contribution in [0, 0.1) is 0 Å². The third-order valence-corrected chi connectivity index (χ3v) is 5.35. The minimum absolute atomic E-state index is 0.0668. The van der Waals surface area contributed by atoms with E-state index in [2.05, 4.69) is 9.97 Å². The Hall–Kier alpha value is -2.18. The number of rotatable bonds is 4. The lowest BCUT2D eigenvalue weighted by molar-refractivity contribution is -0.135. The summed E-state index contributed by atoms with van der Waals surface area (Å²) in [5.41, 5.74) is 0.643. The minimum Gasteiger partial charge on any atom is -0.338 e. The molecule has 0 aliphatic heterocycles. The Morgan fingerprint density at radius 1 is 1.28 bits per heavy atom. The average Bonchev–Trinajstić information content (AvgIpc) is 3.03. The molecule has 7 heteroatoms. The number of thiophene rings is 1. The highest BCUT2D eigenvalue weighted by molar-refractivity contribution is 7.17. The van der Waals surface area contributed by atoms with Crippen molar-refractivity contribution in [1.82, 2.24) is 14.9 Å². The van der Waals surface area contributed by atoms with Gasteiger partial charge in [-0.2, -0.15) is 0 Å². The number of benzene rings is 1. The predicted molar refractivity (Wildman–Crippen MR) is 101 cm³/mol. The van der Waals surface area contributed by atoms with Gasteiger partial charge in [-0.05, 0) is 43.0 Å². The Kier molecular flexibility index (Phi) is 4.67. The lowest BCUT2D eigenvalue weighted by Gasteiger charge is -2.29. The molecule has 0 unspecified atom stereocenters. The number of nitrogens with one attached hydrogen (secondary N) is 1. The van der Waals surface area contributed by atoms with E-state index in [1.807, 2.05) is 31.4 Å². The fourth-order valence-corrected chi connectivity index (χ4v) is 3.61. The molecule has 0 radical (unpaired) electrons. The van der Waals surface area contributed by atoms with Crippen LogP contribution in [0.3, 0.4) is 0 Å². The third kappa shape index (κ3) is 3.45. The number of nitrogens with zero attached hydrogens (tertiary/aromatic N) is 2. The van der Waals surface area contributed by atoms with Crippen LogP contribution in [0.25, 0.3) is 10.2 Å². The van der Waals surface area contributed by atoms with E-state index in [1.54, 1.807) is 30.1 Å². The third-order valence-electron chi connectivity index (χ3n) is 4.20. The number of carbonyl (C=O) groups is 1. The number of halogens is 1. The number of carbonyl (C=O) groups excluding carboxylic acids is 1. The van der Waals surface area contributed by atoms with Crippen LogP contribution in [0.2, 0.25) is 5.02 Å².